The summed E-state index contributed by atoms with van der Waals surface area (Å²) < 4.78 is 44.5. The highest BCUT2D eigenvalue weighted by Gasteiger charge is 2.36. The van der Waals surface area contributed by atoms with Crippen molar-refractivity contribution in [3.05, 3.63) is 356 Å². The Balaban J connectivity index is 0.000000153. The smallest absolute Gasteiger partial charge is 0.0632 e. The fraction of sp³-hybridized carbons (Fsp3) is 0.421. The van der Waals surface area contributed by atoms with Crippen molar-refractivity contribution in [3.63, 3.8) is 0 Å². The molecule has 0 aliphatic heterocycles. The lowest BCUT2D eigenvalue weighted by molar-refractivity contribution is 0.528. The predicted octanol–water partition coefficient (Wildman–Crippen LogP) is 42.2. The van der Waals surface area contributed by atoms with Crippen LogP contribution >= 0.6 is 0 Å². The van der Waals surface area contributed by atoms with Gasteiger partial charge in [0.15, 0.2) is 0 Å². The second-order valence-electron chi connectivity index (χ2n) is 58.9. The lowest BCUT2D eigenvalue weighted by atomic mass is 9.74. The Morgan fingerprint density at radius 3 is 0.698 bits per heavy atom. The van der Waals surface area contributed by atoms with Crippen molar-refractivity contribution < 1.29 is 5.48 Å². The van der Waals surface area contributed by atoms with Gasteiger partial charge in [-0.1, -0.05) is 475 Å². The van der Waals surface area contributed by atoms with Crippen LogP contribution in [0.15, 0.2) is 267 Å². The second-order valence-corrected chi connectivity index (χ2v) is 58.9. The van der Waals surface area contributed by atoms with Crippen LogP contribution in [0.4, 0.5) is 0 Å². The van der Waals surface area contributed by atoms with Gasteiger partial charge in [-0.25, -0.2) is 0 Å². The minimum Gasteiger partial charge on any atom is -0.309 e. The van der Waals surface area contributed by atoms with E-state index < -0.39 is 0 Å². The number of hydrogen-bond acceptors (Lipinski definition) is 0. The van der Waals surface area contributed by atoms with Crippen molar-refractivity contribution in [2.24, 2.45) is 0 Å². The van der Waals surface area contributed by atoms with Gasteiger partial charge in [0.05, 0.1) is 66.7 Å². The van der Waals surface area contributed by atoms with Gasteiger partial charge < -0.3 is 18.3 Å². The van der Waals surface area contributed by atoms with Crippen LogP contribution in [-0.4, -0.2) is 18.3 Å². The van der Waals surface area contributed by atoms with E-state index in [1.54, 1.807) is 6.92 Å². The van der Waals surface area contributed by atoms with Crippen molar-refractivity contribution in [2.75, 3.05) is 0 Å². The zero-order chi connectivity index (χ0) is 113. The van der Waals surface area contributed by atoms with E-state index in [4.69, 9.17) is 5.48 Å². The molecule has 149 heavy (non-hydrogen) atoms. The van der Waals surface area contributed by atoms with E-state index in [1.807, 2.05) is 12.1 Å². The summed E-state index contributed by atoms with van der Waals surface area (Å²) in [6.45, 7) is 105. The highest BCUT2D eigenvalue weighted by Crippen LogP contribution is 2.51. The molecule has 0 fully saturated rings. The number of para-hydroxylation sites is 1. The highest BCUT2D eigenvalue weighted by molar-refractivity contribution is 6.14. The minimum atomic E-state index is -0.347. The molecule has 0 aliphatic carbocycles. The summed E-state index contributed by atoms with van der Waals surface area (Å²) in [6.07, 6.45) is 0. The van der Waals surface area contributed by atoms with E-state index in [9.17, 15) is 0 Å². The molecule has 4 heterocycles. The molecule has 0 bridgehead atoms. The fourth-order valence-corrected chi connectivity index (χ4v) is 22.0. The maximum atomic E-state index is 8.95. The number of hydrogen-bond donors (Lipinski definition) is 0. The van der Waals surface area contributed by atoms with Crippen LogP contribution in [-0.2, 0) is 81.2 Å². The largest absolute Gasteiger partial charge is 0.309 e. The summed E-state index contributed by atoms with van der Waals surface area (Å²) >= 11 is 0. The third kappa shape index (κ3) is 22.7. The lowest BCUT2D eigenvalue weighted by Gasteiger charge is -2.33. The van der Waals surface area contributed by atoms with E-state index in [2.05, 4.69) is 560 Å². The molecule has 0 aliphatic rings. The van der Waals surface area contributed by atoms with Gasteiger partial charge in [0.2, 0.25) is 0 Å². The number of rotatable bonds is 6. The number of benzene rings is 14. The average Bonchev–Trinajstić information content (AvgIpc) is 1.58. The number of aromatic nitrogens is 4. The van der Waals surface area contributed by atoms with Gasteiger partial charge in [-0.05, 0) is 303 Å². The summed E-state index contributed by atoms with van der Waals surface area (Å²) in [5, 5.41) is 10.4. The molecule has 0 radical (unpaired) electrons. The van der Waals surface area contributed by atoms with Crippen LogP contribution in [0.2, 0.25) is 0 Å². The molecule has 0 saturated carbocycles. The summed E-state index contributed by atoms with van der Waals surface area (Å²) in [5.74, 6) is 0. The summed E-state index contributed by atoms with van der Waals surface area (Å²) in [7, 11) is 0. The quantitative estimate of drug-likeness (QED) is 0.158. The normalized spacial score (nSPS) is 13.8. The van der Waals surface area contributed by atoms with Gasteiger partial charge in [-0.2, -0.15) is 0 Å². The van der Waals surface area contributed by atoms with Crippen molar-refractivity contribution >= 4 is 87.2 Å². The Morgan fingerprint density at radius 2 is 0.416 bits per heavy atom. The molecule has 4 heteroatoms. The third-order valence-electron chi connectivity index (χ3n) is 30.8. The van der Waals surface area contributed by atoms with Crippen LogP contribution in [0.1, 0.15) is 406 Å². The number of fused-ring (bicyclic) bond motifs is 12. The van der Waals surface area contributed by atoms with Gasteiger partial charge in [0.25, 0.3) is 0 Å². The molecule has 0 spiro atoms. The van der Waals surface area contributed by atoms with Crippen molar-refractivity contribution in [3.8, 4) is 45.0 Å². The van der Waals surface area contributed by atoms with E-state index >= 15 is 0 Å². The molecule has 782 valence electrons. The maximum Gasteiger partial charge on any atom is 0.0632 e. The van der Waals surface area contributed by atoms with Crippen molar-refractivity contribution in [1.82, 2.24) is 18.3 Å². The molecule has 0 saturated heterocycles. The molecular weight excluding hydrogens is 1800 g/mol. The molecule has 0 amide bonds. The van der Waals surface area contributed by atoms with Crippen LogP contribution in [0, 0.1) is 6.92 Å². The monoisotopic (exact) mass is 1980 g/mol. The first-order valence-corrected chi connectivity index (χ1v) is 55.1. The SMILES string of the molecule is CC(C)(C)c1cc(-c2cccc(-n3c4ccc(C(C)(C)C)cc4c4cc(C(C)(C)C)ccc43)c2C(C)(C)C)cc(C(C)(C)C)c1.CC(C)(C)c1ccc2c(c1)c1cc(C(C)(C)C)ccc1n2-c1cccc(C(C)(C)C)c1C(C)(C)C.CC(C)(C)c1ccc2c3ccc(C(C)(C)C)cc3n(-c3ccccc3C(C)(C)C)c2c1.[2H]c1c([2H])c(C)c([2H])c(-c2cccc(-n3c4ccc(C(C)(C)C)cc4c4cc(C(C)(C)C)ccc43)c2C(C)(C)C)c1[2H]. The molecule has 14 aromatic carbocycles. The first kappa shape index (κ1) is 106. The van der Waals surface area contributed by atoms with Crippen LogP contribution in [0.25, 0.3) is 132 Å². The molecule has 18 aromatic rings. The third-order valence-corrected chi connectivity index (χ3v) is 30.8. The molecule has 18 rings (SSSR count). The lowest BCUT2D eigenvalue weighted by Crippen LogP contribution is -2.24. The molecule has 0 N–H and O–H groups in total. The summed E-state index contributed by atoms with van der Waals surface area (Å²) in [4.78, 5) is 0. The molecule has 0 atom stereocenters. The van der Waals surface area contributed by atoms with E-state index in [1.165, 1.54) is 182 Å². The van der Waals surface area contributed by atoms with E-state index in [0.717, 1.165) is 27.8 Å². The van der Waals surface area contributed by atoms with Crippen LogP contribution in [0.3, 0.4) is 0 Å². The molecular formula is C145H182N4. The first-order chi connectivity index (χ1) is 70.0. The van der Waals surface area contributed by atoms with Gasteiger partial charge in [-0.15, -0.1) is 0 Å². The minimum absolute atomic E-state index is 0.00558. The highest BCUT2D eigenvalue weighted by atomic mass is 15.0. The molecule has 4 aromatic heterocycles. The topological polar surface area (TPSA) is 19.7 Å². The second kappa shape index (κ2) is 38.6. The Hall–Kier alpha value is -11.7. The standard InChI is InChI=1S/C44H57N.C37H43N.C34H45N.C30H37N/c1-40(2,3)29-19-21-36-34(26-29)35-27-30(41(4,5)6)20-22-37(35)45(36)38-18-16-17-33(39(38)44(13,14)15)28-23-31(42(7,8)9)25-32(24-28)43(10,11)12;1-24-13-11-14-25(21-24)28-15-12-16-33(34(28)37(8,9)10)38-31-19-17-26(35(2,3)4)22-29(31)30-23-27(36(5,6)7)18-20-32(30)38;1-31(2,3)22-16-18-27-24(20-22)25-21-23(32(4,5)6)17-19-28(25)35(27)29-15-13-14-26(33(7,8)9)30(29)34(10,11)12;1-28(2,3)20-14-16-22-23-17-15-21(29(4,5)6)19-27(23)31(26(22)18-20)25-13-11-10-12-24(25)30(7,8)9/h16-27H,1-15H3;11-23H,1-10H3;13-21H,1-12H3;10-19H,1-9H3/i;11D,13D,14D,21D;;. The fourth-order valence-electron chi connectivity index (χ4n) is 22.0. The molecule has 0 unspecified atom stereocenters. The zero-order valence-electron chi connectivity index (χ0n) is 104. The van der Waals surface area contributed by atoms with Gasteiger partial charge in [0, 0.05) is 48.8 Å². The Labute approximate surface area is 905 Å². The Bertz CT molecular complexity index is 8040. The first-order valence-electron chi connectivity index (χ1n) is 57.1. The van der Waals surface area contributed by atoms with E-state index in [-0.39, 0.29) is 105 Å². The molecule has 4 nitrogen and oxygen atoms in total. The Kier molecular flexibility index (Phi) is 27.4. The van der Waals surface area contributed by atoms with E-state index in [0.29, 0.717) is 11.1 Å². The Morgan fingerprint density at radius 1 is 0.174 bits per heavy atom. The van der Waals surface area contributed by atoms with Crippen LogP contribution < -0.4 is 0 Å². The van der Waals surface area contributed by atoms with Gasteiger partial charge >= 0.3 is 0 Å². The van der Waals surface area contributed by atoms with Crippen molar-refractivity contribution in [2.45, 2.75) is 400 Å². The van der Waals surface area contributed by atoms with Gasteiger partial charge in [-0.3, -0.25) is 0 Å². The number of nitrogens with zero attached hydrogens (tertiary/aromatic N) is 4. The predicted molar refractivity (Wildman–Crippen MR) is 659 cm³/mol. The van der Waals surface area contributed by atoms with Crippen molar-refractivity contribution in [1.29, 1.82) is 0 Å². The van der Waals surface area contributed by atoms with Crippen LogP contribution in [0.5, 0.6) is 0 Å². The average molecular weight is 1990 g/mol. The maximum absolute atomic E-state index is 8.95. The zero-order valence-corrected chi connectivity index (χ0v) is 100. The summed E-state index contributed by atoms with van der Waals surface area (Å²) in [5.41, 5.74) is 39.6. The van der Waals surface area contributed by atoms with Gasteiger partial charge in [0.1, 0.15) is 0 Å². The summed E-state index contributed by atoms with van der Waals surface area (Å²) in [6, 6.07) is 92.3.